The van der Waals surface area contributed by atoms with Crippen LogP contribution in [0.1, 0.15) is 34.6 Å². The van der Waals surface area contributed by atoms with Gasteiger partial charge in [0.1, 0.15) is 0 Å². The number of nitrogens with zero attached hydrogens (tertiary/aromatic N) is 1. The molecular weight excluding hydrogens is 302 g/mol. The molecule has 1 aromatic heterocycles. The highest BCUT2D eigenvalue weighted by Crippen LogP contribution is 2.23. The number of thiophene rings is 1. The summed E-state index contributed by atoms with van der Waals surface area (Å²) in [6.07, 6.45) is 8.05. The second-order valence-corrected chi connectivity index (χ2v) is 7.45. The smallest absolute Gasteiger partial charge is 0.246 e. The quantitative estimate of drug-likeness (QED) is 0.730. The van der Waals surface area contributed by atoms with Crippen molar-refractivity contribution in [2.75, 3.05) is 6.54 Å². The molecule has 0 saturated carbocycles. The van der Waals surface area contributed by atoms with Gasteiger partial charge in [-0.3, -0.25) is 4.79 Å². The van der Waals surface area contributed by atoms with E-state index in [1.807, 2.05) is 12.1 Å². The van der Waals surface area contributed by atoms with Gasteiger partial charge in [-0.05, 0) is 56.4 Å². The molecular formula is C20H23NOS. The standard InChI is InChI=1S/C20H23NOS/c1-16-9-12-19(23-16)13-14-20(22)21-15-5-8-18(21)11-10-17-6-3-2-4-7-17/h2-4,6-7,9,12-14,18H,5,8,10-11,15H2,1H3/b14-13-/t18-/m0/s1. The summed E-state index contributed by atoms with van der Waals surface area (Å²) in [6.45, 7) is 2.98. The average Bonchev–Trinajstić information content (AvgIpc) is 3.20. The topological polar surface area (TPSA) is 20.3 Å². The van der Waals surface area contributed by atoms with Crippen LogP contribution in [-0.4, -0.2) is 23.4 Å². The fourth-order valence-corrected chi connectivity index (χ4v) is 3.98. The number of benzene rings is 1. The van der Waals surface area contributed by atoms with Crippen molar-refractivity contribution < 1.29 is 4.79 Å². The lowest BCUT2D eigenvalue weighted by Gasteiger charge is -2.23. The van der Waals surface area contributed by atoms with E-state index in [1.165, 1.54) is 10.4 Å². The van der Waals surface area contributed by atoms with Crippen molar-refractivity contribution in [3.63, 3.8) is 0 Å². The number of carbonyl (C=O) groups excluding carboxylic acids is 1. The van der Waals surface area contributed by atoms with Crippen molar-refractivity contribution in [1.82, 2.24) is 4.90 Å². The molecule has 0 aliphatic carbocycles. The molecule has 0 unspecified atom stereocenters. The van der Waals surface area contributed by atoms with Crippen molar-refractivity contribution in [1.29, 1.82) is 0 Å². The van der Waals surface area contributed by atoms with E-state index in [9.17, 15) is 4.79 Å². The Balaban J connectivity index is 1.57. The molecule has 1 amide bonds. The maximum absolute atomic E-state index is 12.5. The second kappa shape index (κ2) is 7.60. The maximum atomic E-state index is 12.5. The number of rotatable bonds is 5. The summed E-state index contributed by atoms with van der Waals surface area (Å²) in [5.74, 6) is 0.159. The van der Waals surface area contributed by atoms with Crippen LogP contribution in [0.15, 0.2) is 48.5 Å². The van der Waals surface area contributed by atoms with Crippen molar-refractivity contribution >= 4 is 23.3 Å². The van der Waals surface area contributed by atoms with E-state index in [-0.39, 0.29) is 5.91 Å². The number of amides is 1. The van der Waals surface area contributed by atoms with Crippen LogP contribution in [0.4, 0.5) is 0 Å². The van der Waals surface area contributed by atoms with Gasteiger partial charge in [0.25, 0.3) is 0 Å². The number of carbonyl (C=O) groups is 1. The Labute approximate surface area is 142 Å². The van der Waals surface area contributed by atoms with E-state index in [2.05, 4.69) is 48.2 Å². The highest BCUT2D eigenvalue weighted by atomic mass is 32.1. The Kier molecular flexibility index (Phi) is 5.29. The minimum absolute atomic E-state index is 0.159. The van der Waals surface area contributed by atoms with Gasteiger partial charge in [-0.2, -0.15) is 0 Å². The average molecular weight is 325 g/mol. The molecule has 1 fully saturated rings. The monoisotopic (exact) mass is 325 g/mol. The first-order valence-electron chi connectivity index (χ1n) is 8.31. The lowest BCUT2D eigenvalue weighted by Crippen LogP contribution is -2.34. The molecule has 0 N–H and O–H groups in total. The van der Waals surface area contributed by atoms with E-state index < -0.39 is 0 Å². The van der Waals surface area contributed by atoms with Gasteiger partial charge >= 0.3 is 0 Å². The molecule has 0 radical (unpaired) electrons. The second-order valence-electron chi connectivity index (χ2n) is 6.13. The van der Waals surface area contributed by atoms with Crippen LogP contribution >= 0.6 is 11.3 Å². The fraction of sp³-hybridized carbons (Fsp3) is 0.350. The summed E-state index contributed by atoms with van der Waals surface area (Å²) in [4.78, 5) is 17.0. The third-order valence-corrected chi connectivity index (χ3v) is 5.39. The number of likely N-dealkylation sites (tertiary alicyclic amines) is 1. The van der Waals surface area contributed by atoms with E-state index in [0.29, 0.717) is 6.04 Å². The molecule has 23 heavy (non-hydrogen) atoms. The zero-order valence-corrected chi connectivity index (χ0v) is 14.4. The van der Waals surface area contributed by atoms with E-state index in [1.54, 1.807) is 17.4 Å². The van der Waals surface area contributed by atoms with Gasteiger partial charge in [-0.15, -0.1) is 11.3 Å². The summed E-state index contributed by atoms with van der Waals surface area (Å²) in [7, 11) is 0. The Hall–Kier alpha value is -1.87. The Bertz CT molecular complexity index is 674. The number of aryl methyl sites for hydroxylation is 2. The molecule has 3 heteroatoms. The normalized spacial score (nSPS) is 18.0. The van der Waals surface area contributed by atoms with Gasteiger partial charge in [-0.25, -0.2) is 0 Å². The minimum atomic E-state index is 0.159. The third-order valence-electron chi connectivity index (χ3n) is 4.42. The van der Waals surface area contributed by atoms with Crippen LogP contribution < -0.4 is 0 Å². The van der Waals surface area contributed by atoms with Crippen LogP contribution in [-0.2, 0) is 11.2 Å². The first-order chi connectivity index (χ1) is 11.2. The SMILES string of the molecule is Cc1ccc(/C=C\C(=O)N2CCC[C@H]2CCc2ccccc2)s1. The molecule has 2 aromatic rings. The minimum Gasteiger partial charge on any atom is -0.336 e. The number of hydrogen-bond donors (Lipinski definition) is 0. The summed E-state index contributed by atoms with van der Waals surface area (Å²) >= 11 is 1.72. The van der Waals surface area contributed by atoms with Crippen molar-refractivity contribution in [2.24, 2.45) is 0 Å². The molecule has 2 nitrogen and oxygen atoms in total. The molecule has 1 saturated heterocycles. The fourth-order valence-electron chi connectivity index (χ4n) is 3.20. The highest BCUT2D eigenvalue weighted by molar-refractivity contribution is 7.12. The summed E-state index contributed by atoms with van der Waals surface area (Å²) in [5, 5.41) is 0. The predicted octanol–water partition coefficient (Wildman–Crippen LogP) is 4.69. The lowest BCUT2D eigenvalue weighted by molar-refractivity contribution is -0.126. The Morgan fingerprint density at radius 2 is 2.09 bits per heavy atom. The first-order valence-corrected chi connectivity index (χ1v) is 9.13. The molecule has 1 atom stereocenters. The van der Waals surface area contributed by atoms with Crippen molar-refractivity contribution in [3.05, 3.63) is 63.9 Å². The van der Waals surface area contributed by atoms with Crippen LogP contribution in [0.3, 0.4) is 0 Å². The Morgan fingerprint density at radius 3 is 2.83 bits per heavy atom. The van der Waals surface area contributed by atoms with Crippen molar-refractivity contribution in [2.45, 2.75) is 38.6 Å². The predicted molar refractivity (Wildman–Crippen MR) is 97.6 cm³/mol. The molecule has 2 heterocycles. The molecule has 1 aromatic carbocycles. The molecule has 0 bridgehead atoms. The van der Waals surface area contributed by atoms with Crippen LogP contribution in [0.5, 0.6) is 0 Å². The highest BCUT2D eigenvalue weighted by Gasteiger charge is 2.26. The lowest BCUT2D eigenvalue weighted by atomic mass is 10.0. The van der Waals surface area contributed by atoms with E-state index in [0.717, 1.165) is 37.1 Å². The molecule has 1 aliphatic heterocycles. The van der Waals surface area contributed by atoms with Gasteiger partial charge < -0.3 is 4.90 Å². The van der Waals surface area contributed by atoms with Gasteiger partial charge in [0.05, 0.1) is 0 Å². The Morgan fingerprint density at radius 1 is 1.26 bits per heavy atom. The summed E-state index contributed by atoms with van der Waals surface area (Å²) < 4.78 is 0. The largest absolute Gasteiger partial charge is 0.336 e. The van der Waals surface area contributed by atoms with Gasteiger partial charge in [0.2, 0.25) is 5.91 Å². The van der Waals surface area contributed by atoms with Gasteiger partial charge in [0, 0.05) is 28.4 Å². The van der Waals surface area contributed by atoms with Crippen LogP contribution in [0.2, 0.25) is 0 Å². The van der Waals surface area contributed by atoms with Crippen molar-refractivity contribution in [3.8, 4) is 0 Å². The van der Waals surface area contributed by atoms with Gasteiger partial charge in [-0.1, -0.05) is 30.3 Å². The van der Waals surface area contributed by atoms with E-state index >= 15 is 0 Å². The van der Waals surface area contributed by atoms with Gasteiger partial charge in [0.15, 0.2) is 0 Å². The first kappa shape index (κ1) is 16.0. The molecule has 1 aliphatic rings. The zero-order chi connectivity index (χ0) is 16.1. The number of hydrogen-bond acceptors (Lipinski definition) is 2. The summed E-state index contributed by atoms with van der Waals surface area (Å²) in [5.41, 5.74) is 1.36. The molecule has 0 spiro atoms. The molecule has 120 valence electrons. The molecule has 3 rings (SSSR count). The van der Waals surface area contributed by atoms with Crippen LogP contribution in [0, 0.1) is 6.92 Å². The zero-order valence-electron chi connectivity index (χ0n) is 13.6. The third kappa shape index (κ3) is 4.32. The van der Waals surface area contributed by atoms with E-state index in [4.69, 9.17) is 0 Å². The summed E-state index contributed by atoms with van der Waals surface area (Å²) in [6, 6.07) is 15.1. The van der Waals surface area contributed by atoms with Crippen LogP contribution in [0.25, 0.3) is 6.08 Å². The maximum Gasteiger partial charge on any atom is 0.246 e.